The van der Waals surface area contributed by atoms with Gasteiger partial charge in [-0.05, 0) is 339 Å². The second-order valence-corrected chi connectivity index (χ2v) is 47.5. The van der Waals surface area contributed by atoms with E-state index in [1.165, 1.54) is 44.1 Å². The summed E-state index contributed by atoms with van der Waals surface area (Å²) in [6.07, 6.45) is 43.1. The molecule has 10 aliphatic heterocycles. The van der Waals surface area contributed by atoms with Crippen molar-refractivity contribution in [2.45, 2.75) is 401 Å². The van der Waals surface area contributed by atoms with Gasteiger partial charge in [0.15, 0.2) is 0 Å². The van der Waals surface area contributed by atoms with Gasteiger partial charge in [0, 0.05) is 206 Å². The summed E-state index contributed by atoms with van der Waals surface area (Å²) in [7, 11) is 0. The molecule has 10 aliphatic rings. The van der Waals surface area contributed by atoms with Crippen LogP contribution in [0.4, 0.5) is 4.79 Å². The first-order valence-electron chi connectivity index (χ1n) is 49.1. The third-order valence-electron chi connectivity index (χ3n) is 21.7. The topological polar surface area (TPSA) is 286 Å². The van der Waals surface area contributed by atoms with E-state index in [0.717, 1.165) is 83.3 Å². The molecule has 15 heterocycles. The Morgan fingerprint density at radius 3 is 1.23 bits per heavy atom. The van der Waals surface area contributed by atoms with Crippen molar-refractivity contribution in [3.8, 4) is 0 Å². The molecule has 32 nitrogen and oxygen atoms in total. The van der Waals surface area contributed by atoms with E-state index in [4.69, 9.17) is 0 Å². The van der Waals surface area contributed by atoms with Gasteiger partial charge >= 0.3 is 6.03 Å². The van der Waals surface area contributed by atoms with Crippen molar-refractivity contribution < 1.29 is 14.4 Å². The maximum atomic E-state index is 11.1. The van der Waals surface area contributed by atoms with Gasteiger partial charge in [-0.3, -0.25) is 43.3 Å². The minimum absolute atomic E-state index is 0.0272. The van der Waals surface area contributed by atoms with E-state index in [0.29, 0.717) is 53.1 Å². The highest BCUT2D eigenvalue weighted by molar-refractivity contribution is 7.99. The van der Waals surface area contributed by atoms with Gasteiger partial charge in [0.1, 0.15) is 24.8 Å². The van der Waals surface area contributed by atoms with Crippen LogP contribution in [0.15, 0.2) is 153 Å². The number of likely N-dealkylation sites (tertiary alicyclic amines) is 2. The lowest BCUT2D eigenvalue weighted by molar-refractivity contribution is -0.132. The van der Waals surface area contributed by atoms with Crippen molar-refractivity contribution in [1.82, 2.24) is 140 Å². The molecule has 5 aromatic rings. The second kappa shape index (κ2) is 58.1. The van der Waals surface area contributed by atoms with Crippen molar-refractivity contribution >= 4 is 35.9 Å². The normalized spacial score (nSPS) is 17.2. The minimum atomic E-state index is -0.0515. The van der Waals surface area contributed by atoms with Crippen LogP contribution in [0.25, 0.3) is 0 Å². The lowest BCUT2D eigenvalue weighted by Gasteiger charge is -2.34. The molecule has 0 aromatic carbocycles. The highest BCUT2D eigenvalue weighted by Crippen LogP contribution is 2.28. The van der Waals surface area contributed by atoms with Gasteiger partial charge in [-0.1, -0.05) is 48.8 Å². The Balaban J connectivity index is 0.000000729. The van der Waals surface area contributed by atoms with Gasteiger partial charge in [-0.2, -0.15) is 25.2 Å². The first kappa shape index (κ1) is 125. The number of aliphatic imine (C=N–C) groups is 1. The predicted octanol–water partition coefficient (Wildman–Crippen LogP) is 19.6. The highest BCUT2D eigenvalue weighted by Gasteiger charge is 2.33. The molecule has 0 radical (unpaired) electrons. The number of nitrogens with zero attached hydrogens (tertiary/aromatic N) is 26. The Kier molecular flexibility index (Phi) is 53.4. The van der Waals surface area contributed by atoms with Crippen LogP contribution in [0, 0.1) is 0 Å². The monoisotopic (exact) mass is 1920 g/mol. The number of tetrazole rings is 1. The number of carbonyl (C=O) groups excluding carboxylic acids is 3. The van der Waals surface area contributed by atoms with Crippen LogP contribution in [0.3, 0.4) is 0 Å². The maximum Gasteiger partial charge on any atom is 0.317 e. The fraction of sp³-hybridized carbons (Fsp3) is 0.728. The Labute approximate surface area is 830 Å². The Hall–Kier alpha value is -9.05. The zero-order valence-electron chi connectivity index (χ0n) is 93.0. The number of thioether (sulfide) groups is 1. The first-order valence-corrected chi connectivity index (χ1v) is 50.2. The molecule has 0 saturated carbocycles. The Morgan fingerprint density at radius 2 is 1.01 bits per heavy atom. The fourth-order valence-corrected chi connectivity index (χ4v) is 14.5. The summed E-state index contributed by atoms with van der Waals surface area (Å²) < 4.78 is 7.24. The lowest BCUT2D eigenvalue weighted by Crippen LogP contribution is -2.43. The van der Waals surface area contributed by atoms with E-state index < -0.39 is 0 Å². The van der Waals surface area contributed by atoms with Crippen LogP contribution in [0.5, 0.6) is 0 Å². The quantitative estimate of drug-likeness (QED) is 0.141. The number of nitrogens with one attached hydrogen (secondary N) is 3. The summed E-state index contributed by atoms with van der Waals surface area (Å²) in [5.41, 5.74) is 6.43. The summed E-state index contributed by atoms with van der Waals surface area (Å²) in [5.74, 6) is 4.01. The molecular formula is C103H193N29O3S. The SMILES string of the molecule is C=C1C=CCN1C(C)(C)C.C=C1NC=CN1C(C)(C)C.CC(C)(C)N1C=CCC1=O.CC(C)(C)N1C=CCN1.CC(C)(C)N1C=NCC1.CC(C)(C)N1CC=CC1.CC(C)(C)N1CCCC1.CC(C)(C)N1CCCC1=O.CC(C)(C)N1CCNC1=O.CC(C)(C)N1CCSC1.CC(C)(C)n1cccn1.CC(C)n1ccnn1.CC(C)n1cncn1.CC(C)n1cnnn1.CC(C)n1nccn1. The van der Waals surface area contributed by atoms with Gasteiger partial charge in [0.25, 0.3) is 0 Å². The average Bonchev–Trinajstić information content (AvgIpc) is 1.72. The number of amides is 4. The van der Waals surface area contributed by atoms with Crippen molar-refractivity contribution in [2.75, 3.05) is 90.2 Å². The second-order valence-electron chi connectivity index (χ2n) is 46.5. The average molecular weight is 1920 g/mol. The minimum Gasteiger partial charge on any atom is -0.363 e. The number of hydrazine groups is 1. The molecule has 3 N–H and O–H groups in total. The van der Waals surface area contributed by atoms with Gasteiger partial charge in [0.05, 0.1) is 43.1 Å². The van der Waals surface area contributed by atoms with E-state index in [1.54, 1.807) is 67.5 Å². The van der Waals surface area contributed by atoms with Crippen molar-refractivity contribution in [3.63, 3.8) is 0 Å². The Bertz CT molecular complexity index is 3890. The van der Waals surface area contributed by atoms with Gasteiger partial charge < -0.3 is 45.0 Å². The number of hydrogen-bond acceptors (Lipinski definition) is 24. The Morgan fingerprint density at radius 1 is 0.441 bits per heavy atom. The van der Waals surface area contributed by atoms with Crippen LogP contribution in [0.2, 0.25) is 0 Å². The molecule has 15 rings (SSSR count). The molecule has 0 bridgehead atoms. The third kappa shape index (κ3) is 51.6. The van der Waals surface area contributed by atoms with E-state index in [1.807, 2.05) is 145 Å². The number of carbonyl (C=O) groups is 3. The zero-order valence-corrected chi connectivity index (χ0v) is 93.9. The van der Waals surface area contributed by atoms with Crippen LogP contribution in [-0.2, 0) is 15.1 Å². The van der Waals surface area contributed by atoms with Crippen LogP contribution in [0.1, 0.15) is 340 Å². The number of aromatic nitrogens is 15. The van der Waals surface area contributed by atoms with Gasteiger partial charge in [-0.25, -0.2) is 19.9 Å². The summed E-state index contributed by atoms with van der Waals surface area (Å²) in [5, 5.41) is 41.8. The summed E-state index contributed by atoms with van der Waals surface area (Å²) in [6.45, 7) is 108. The molecule has 4 fully saturated rings. The molecule has 0 spiro atoms. The van der Waals surface area contributed by atoms with E-state index in [9.17, 15) is 14.4 Å². The van der Waals surface area contributed by atoms with E-state index in [2.05, 4.69) is 371 Å². The van der Waals surface area contributed by atoms with Gasteiger partial charge in [-0.15, -0.1) is 22.0 Å². The molecule has 33 heteroatoms. The number of rotatable bonds is 4. The van der Waals surface area contributed by atoms with Crippen LogP contribution in [-0.4, -0.2) is 294 Å². The van der Waals surface area contributed by atoms with E-state index in [-0.39, 0.29) is 56.2 Å². The molecule has 4 saturated heterocycles. The number of allylic oxidation sites excluding steroid dienone is 1. The first-order chi connectivity index (χ1) is 62.4. The molecule has 0 atom stereocenters. The van der Waals surface area contributed by atoms with Crippen molar-refractivity contribution in [1.29, 1.82) is 0 Å². The fourth-order valence-electron chi connectivity index (χ4n) is 13.3. The van der Waals surface area contributed by atoms with E-state index >= 15 is 0 Å². The van der Waals surface area contributed by atoms with Crippen molar-refractivity contribution in [3.05, 3.63) is 148 Å². The molecule has 774 valence electrons. The third-order valence-corrected chi connectivity index (χ3v) is 22.6. The zero-order chi connectivity index (χ0) is 104. The number of hydrogen-bond donors (Lipinski definition) is 3. The largest absolute Gasteiger partial charge is 0.363 e. The molecule has 5 aromatic heterocycles. The van der Waals surface area contributed by atoms with Crippen LogP contribution < -0.4 is 16.1 Å². The number of urea groups is 1. The lowest BCUT2D eigenvalue weighted by atomic mass is 10.1. The van der Waals surface area contributed by atoms with Crippen molar-refractivity contribution in [2.24, 2.45) is 4.99 Å². The smallest absolute Gasteiger partial charge is 0.317 e. The molecule has 136 heavy (non-hydrogen) atoms. The summed E-state index contributed by atoms with van der Waals surface area (Å²) >= 11 is 2.03. The van der Waals surface area contributed by atoms with Gasteiger partial charge in [0.2, 0.25) is 11.8 Å². The molecular weight excluding hydrogens is 1720 g/mol. The maximum absolute atomic E-state index is 11.1. The molecule has 0 unspecified atom stereocenters. The molecule has 0 aliphatic carbocycles. The predicted molar refractivity (Wildman–Crippen MR) is 569 cm³/mol. The summed E-state index contributed by atoms with van der Waals surface area (Å²) in [6, 6.07) is 3.60. The molecule has 4 amide bonds. The summed E-state index contributed by atoms with van der Waals surface area (Å²) in [4.78, 5) is 62.6. The van der Waals surface area contributed by atoms with Crippen LogP contribution >= 0.6 is 11.8 Å². The standard InChI is InChI=1S/C9H15N.C8H14N2.C8H15NO.C8H13NO.C8H17N.C8H15N.C7H14N2O.2C7H14N2.C7H12N2.C7H15NS.3C5H9N3.C4H8N4/c1-8-6-5-7-10(8)9(2,3)4;1-7-9-5-6-10(7)8(2,3)4;2*1-8(2,3)9-6-4-5-7(9)10;2*1-8(2,3)9-6-4-5-7-9;1-7(2,3)9-5-4-8-6(9)10;1-7(2,3)9-5-4-8-6-9;2*1-7(2,3)9-6-4-5-8-9;1-7(2,3)8-4-5-9-6-8;1-5(2)8-4-6-3-7-8;1-5(2)8-4-3-6-7-8;1-5(2)8-6-3-4-7-8;1-4(2)8-3-5-6-7-8/h5-6H,1,7H2,2-4H3;5-6,9H,1H2,2-4H3;4-6H2,1-3H3;4,6H,5H2,1-3H3;4-7H2,1-3H3;4-5H,6-7H2,1-3H3;4-5H2,1-3H3,(H,8,10);6H,4-5H2,1-3H3;4,6,8H,5H2,1-3H3;4-6H,1-3H3;4-6H2,1-3H3;3*3-5H,1-2H3;3-4H,1-2H3. The highest BCUT2D eigenvalue weighted by atomic mass is 32.2.